The number of methoxy groups -OCH3 is 2. The van der Waals surface area contributed by atoms with E-state index in [0.29, 0.717) is 17.2 Å². The summed E-state index contributed by atoms with van der Waals surface area (Å²) in [5, 5.41) is 0. The van der Waals surface area contributed by atoms with Crippen LogP contribution in [-0.4, -0.2) is 34.4 Å². The van der Waals surface area contributed by atoms with E-state index < -0.39 is 10.0 Å². The summed E-state index contributed by atoms with van der Waals surface area (Å²) < 4.78 is 37.9. The van der Waals surface area contributed by atoms with Crippen molar-refractivity contribution in [3.63, 3.8) is 0 Å². The average molecular weight is 384 g/mol. The van der Waals surface area contributed by atoms with Crippen molar-refractivity contribution in [1.29, 1.82) is 0 Å². The summed E-state index contributed by atoms with van der Waals surface area (Å²) in [7, 11) is -0.869. The number of nitrogens with zero attached hydrogens (tertiary/aromatic N) is 1. The normalized spacial score (nSPS) is 11.9. The summed E-state index contributed by atoms with van der Waals surface area (Å²) in [6.45, 7) is 0. The van der Waals surface area contributed by atoms with Crippen LogP contribution < -0.4 is 19.9 Å². The van der Waals surface area contributed by atoms with Gasteiger partial charge in [0.25, 0.3) is 10.0 Å². The van der Waals surface area contributed by atoms with Crippen molar-refractivity contribution in [2.45, 2.75) is 4.90 Å². The minimum atomic E-state index is -3.81. The maximum Gasteiger partial charge on any atom is 0.262 e. The Bertz CT molecular complexity index is 867. The number of hydrogen-bond donors (Lipinski definition) is 2. The van der Waals surface area contributed by atoms with Gasteiger partial charge in [-0.2, -0.15) is 0 Å². The molecule has 0 spiro atoms. The van der Waals surface area contributed by atoms with Crippen molar-refractivity contribution in [3.8, 4) is 11.5 Å². The zero-order chi connectivity index (χ0) is 18.4. The first-order chi connectivity index (χ1) is 11.9. The van der Waals surface area contributed by atoms with Gasteiger partial charge in [-0.15, -0.1) is 11.6 Å². The molecule has 0 amide bonds. The second kappa shape index (κ2) is 8.09. The van der Waals surface area contributed by atoms with Gasteiger partial charge in [-0.05, 0) is 36.4 Å². The number of benzene rings is 2. The molecule has 7 nitrogen and oxygen atoms in total. The standard InChI is InChI=1S/C16H18ClN3O4S/c1-23-12-5-8-15(24-2)14(9-12)20-25(21,22)13-6-3-11(4-7-13)19-16(18)10-17/h3-9,20H,10H2,1-2H3,(H2,18,19). The topological polar surface area (TPSA) is 103 Å². The molecule has 0 aliphatic heterocycles. The number of hydrogen-bond acceptors (Lipinski definition) is 5. The smallest absolute Gasteiger partial charge is 0.262 e. The first kappa shape index (κ1) is 18.9. The summed E-state index contributed by atoms with van der Waals surface area (Å²) in [6.07, 6.45) is 0. The van der Waals surface area contributed by atoms with Crippen LogP contribution in [0, 0.1) is 0 Å². The number of amidine groups is 1. The molecule has 0 aliphatic rings. The summed E-state index contributed by atoms with van der Waals surface area (Å²) in [4.78, 5) is 4.12. The minimum Gasteiger partial charge on any atom is -0.497 e. The Morgan fingerprint density at radius 2 is 1.84 bits per heavy atom. The fourth-order valence-corrected chi connectivity index (χ4v) is 3.11. The molecule has 0 fully saturated rings. The molecule has 0 aliphatic carbocycles. The van der Waals surface area contributed by atoms with Gasteiger partial charge in [0.05, 0.1) is 36.4 Å². The van der Waals surface area contributed by atoms with E-state index in [-0.39, 0.29) is 22.3 Å². The summed E-state index contributed by atoms with van der Waals surface area (Å²) in [5.41, 5.74) is 6.34. The maximum atomic E-state index is 12.6. The van der Waals surface area contributed by atoms with Crippen LogP contribution in [-0.2, 0) is 10.0 Å². The molecule has 25 heavy (non-hydrogen) atoms. The fourth-order valence-electron chi connectivity index (χ4n) is 1.99. The lowest BCUT2D eigenvalue weighted by Gasteiger charge is -2.13. The molecule has 0 aromatic heterocycles. The Labute approximate surface area is 151 Å². The van der Waals surface area contributed by atoms with Gasteiger partial charge in [0, 0.05) is 6.07 Å². The van der Waals surface area contributed by atoms with Gasteiger partial charge in [-0.25, -0.2) is 13.4 Å². The molecule has 134 valence electrons. The molecule has 0 unspecified atom stereocenters. The Kier molecular flexibility index (Phi) is 6.11. The summed E-state index contributed by atoms with van der Waals surface area (Å²) >= 11 is 5.57. The Hall–Kier alpha value is -2.45. The van der Waals surface area contributed by atoms with Crippen LogP contribution >= 0.6 is 11.6 Å². The highest BCUT2D eigenvalue weighted by atomic mass is 35.5. The van der Waals surface area contributed by atoms with Crippen LogP contribution in [0.5, 0.6) is 11.5 Å². The van der Waals surface area contributed by atoms with E-state index >= 15 is 0 Å². The van der Waals surface area contributed by atoms with E-state index in [1.807, 2.05) is 0 Å². The molecule has 0 bridgehead atoms. The maximum absolute atomic E-state index is 12.6. The predicted octanol–water partition coefficient (Wildman–Crippen LogP) is 2.73. The van der Waals surface area contributed by atoms with Gasteiger partial charge < -0.3 is 15.2 Å². The number of aliphatic imine (C=N–C) groups is 1. The second-order valence-corrected chi connectivity index (χ2v) is 6.85. The van der Waals surface area contributed by atoms with E-state index in [1.165, 1.54) is 44.6 Å². The van der Waals surface area contributed by atoms with E-state index in [1.54, 1.807) is 12.1 Å². The Morgan fingerprint density at radius 1 is 1.16 bits per heavy atom. The quantitative estimate of drug-likeness (QED) is 0.434. The number of anilines is 1. The van der Waals surface area contributed by atoms with Gasteiger partial charge in [-0.3, -0.25) is 4.72 Å². The molecule has 9 heteroatoms. The van der Waals surface area contributed by atoms with Crippen LogP contribution in [0.15, 0.2) is 52.4 Å². The van der Waals surface area contributed by atoms with Crippen LogP contribution in [0.25, 0.3) is 0 Å². The van der Waals surface area contributed by atoms with Gasteiger partial charge in [0.15, 0.2) is 0 Å². The highest BCUT2D eigenvalue weighted by Gasteiger charge is 2.17. The molecular formula is C16H18ClN3O4S. The fraction of sp³-hybridized carbons (Fsp3) is 0.188. The van der Waals surface area contributed by atoms with Crippen LogP contribution in [0.4, 0.5) is 11.4 Å². The predicted molar refractivity (Wildman–Crippen MR) is 98.8 cm³/mol. The second-order valence-electron chi connectivity index (χ2n) is 4.90. The SMILES string of the molecule is COc1ccc(OC)c(NS(=O)(=O)c2ccc(N=C(N)CCl)cc2)c1. The lowest BCUT2D eigenvalue weighted by molar-refractivity contribution is 0.405. The molecule has 3 N–H and O–H groups in total. The van der Waals surface area contributed by atoms with Gasteiger partial charge in [0.2, 0.25) is 0 Å². The highest BCUT2D eigenvalue weighted by molar-refractivity contribution is 7.92. The molecular weight excluding hydrogens is 366 g/mol. The van der Waals surface area contributed by atoms with Crippen molar-refractivity contribution in [1.82, 2.24) is 0 Å². The number of nitrogens with two attached hydrogens (primary N) is 1. The van der Waals surface area contributed by atoms with E-state index in [9.17, 15) is 8.42 Å². The average Bonchev–Trinajstić information content (AvgIpc) is 2.61. The van der Waals surface area contributed by atoms with Crippen LogP contribution in [0.3, 0.4) is 0 Å². The van der Waals surface area contributed by atoms with E-state index in [0.717, 1.165) is 0 Å². The van der Waals surface area contributed by atoms with E-state index in [2.05, 4.69) is 9.71 Å². The lowest BCUT2D eigenvalue weighted by Crippen LogP contribution is -2.14. The molecule has 2 aromatic carbocycles. The largest absolute Gasteiger partial charge is 0.497 e. The number of ether oxygens (including phenoxy) is 2. The number of sulfonamides is 1. The Balaban J connectivity index is 2.30. The number of halogens is 1. The van der Waals surface area contributed by atoms with Crippen LogP contribution in [0.2, 0.25) is 0 Å². The molecule has 0 atom stereocenters. The number of rotatable bonds is 7. The summed E-state index contributed by atoms with van der Waals surface area (Å²) in [6, 6.07) is 10.8. The van der Waals surface area contributed by atoms with E-state index in [4.69, 9.17) is 26.8 Å². The number of nitrogens with one attached hydrogen (secondary N) is 1. The van der Waals surface area contributed by atoms with Gasteiger partial charge in [-0.1, -0.05) is 0 Å². The monoisotopic (exact) mass is 383 g/mol. The first-order valence-electron chi connectivity index (χ1n) is 7.13. The molecule has 0 heterocycles. The van der Waals surface area contributed by atoms with Crippen molar-refractivity contribution in [2.75, 3.05) is 24.8 Å². The third-order valence-electron chi connectivity index (χ3n) is 3.21. The molecule has 0 radical (unpaired) electrons. The highest BCUT2D eigenvalue weighted by Crippen LogP contribution is 2.31. The molecule has 2 aromatic rings. The Morgan fingerprint density at radius 3 is 2.40 bits per heavy atom. The van der Waals surface area contributed by atoms with Crippen LogP contribution in [0.1, 0.15) is 0 Å². The minimum absolute atomic E-state index is 0.0702. The van der Waals surface area contributed by atoms with Gasteiger partial charge in [0.1, 0.15) is 17.3 Å². The van der Waals surface area contributed by atoms with Crippen molar-refractivity contribution in [2.24, 2.45) is 10.7 Å². The van der Waals surface area contributed by atoms with Gasteiger partial charge >= 0.3 is 0 Å². The third kappa shape index (κ3) is 4.77. The third-order valence-corrected chi connectivity index (χ3v) is 4.86. The van der Waals surface area contributed by atoms with Crippen molar-refractivity contribution >= 4 is 38.8 Å². The zero-order valence-corrected chi connectivity index (χ0v) is 15.3. The number of alkyl halides is 1. The molecule has 2 rings (SSSR count). The van der Waals surface area contributed by atoms with Crippen molar-refractivity contribution in [3.05, 3.63) is 42.5 Å². The van der Waals surface area contributed by atoms with Crippen molar-refractivity contribution < 1.29 is 17.9 Å². The lowest BCUT2D eigenvalue weighted by atomic mass is 10.3. The zero-order valence-electron chi connectivity index (χ0n) is 13.7. The molecule has 0 saturated heterocycles. The summed E-state index contributed by atoms with van der Waals surface area (Å²) in [5.74, 6) is 1.22. The first-order valence-corrected chi connectivity index (χ1v) is 9.15. The molecule has 0 saturated carbocycles.